The van der Waals surface area contributed by atoms with Crippen LogP contribution >= 0.6 is 0 Å². The van der Waals surface area contributed by atoms with Crippen LogP contribution in [0.3, 0.4) is 0 Å². The lowest BCUT2D eigenvalue weighted by molar-refractivity contribution is -0.286. The predicted molar refractivity (Wildman–Crippen MR) is 100 cm³/mol. The van der Waals surface area contributed by atoms with Crippen LogP contribution < -0.4 is 20.1 Å². The fourth-order valence-corrected chi connectivity index (χ4v) is 2.93. The molecule has 3 heterocycles. The summed E-state index contributed by atoms with van der Waals surface area (Å²) in [5.41, 5.74) is 2.84. The van der Waals surface area contributed by atoms with Crippen LogP contribution in [0.2, 0.25) is 0 Å². The molecule has 1 aliphatic heterocycles. The van der Waals surface area contributed by atoms with Gasteiger partial charge in [-0.2, -0.15) is 5.10 Å². The quantitative estimate of drug-likeness (QED) is 0.683. The highest BCUT2D eigenvalue weighted by Crippen LogP contribution is 2.42. The van der Waals surface area contributed by atoms with E-state index in [2.05, 4.69) is 30.2 Å². The van der Waals surface area contributed by atoms with Crippen LogP contribution in [0.15, 0.2) is 42.6 Å². The van der Waals surface area contributed by atoms with Gasteiger partial charge in [0.15, 0.2) is 17.3 Å². The third-order valence-electron chi connectivity index (χ3n) is 4.22. The average Bonchev–Trinajstić information content (AvgIpc) is 3.19. The minimum atomic E-state index is -3.68. The average molecular weight is 401 g/mol. The molecule has 0 atom stereocenters. The van der Waals surface area contributed by atoms with Gasteiger partial charge >= 0.3 is 6.29 Å². The Kier molecular flexibility index (Phi) is 4.53. The van der Waals surface area contributed by atoms with E-state index in [4.69, 9.17) is 0 Å². The first-order valence-electron chi connectivity index (χ1n) is 8.71. The van der Waals surface area contributed by atoms with E-state index in [9.17, 15) is 13.6 Å². The van der Waals surface area contributed by atoms with Crippen molar-refractivity contribution in [3.05, 3.63) is 48.3 Å². The second-order valence-electron chi connectivity index (χ2n) is 6.39. The molecular formula is C19H17F2N5O3. The molecule has 2 aromatic heterocycles. The predicted octanol–water partition coefficient (Wildman–Crippen LogP) is 3.06. The minimum Gasteiger partial charge on any atom is -0.395 e. The van der Waals surface area contributed by atoms with E-state index in [0.29, 0.717) is 17.2 Å². The lowest BCUT2D eigenvalue weighted by Crippen LogP contribution is -2.25. The molecule has 0 saturated heterocycles. The zero-order valence-corrected chi connectivity index (χ0v) is 15.6. The number of nitrogens with one attached hydrogen (secondary N) is 2. The van der Waals surface area contributed by atoms with E-state index in [1.165, 1.54) is 12.1 Å². The molecule has 0 spiro atoms. The van der Waals surface area contributed by atoms with Gasteiger partial charge < -0.3 is 20.1 Å². The number of carbonyl (C=O) groups is 1. The summed E-state index contributed by atoms with van der Waals surface area (Å²) >= 11 is 0. The molecule has 10 heteroatoms. The third-order valence-corrected chi connectivity index (χ3v) is 4.22. The second-order valence-corrected chi connectivity index (χ2v) is 6.39. The number of aryl methyl sites for hydroxylation is 1. The monoisotopic (exact) mass is 401 g/mol. The standard InChI is InChI=1S/C19H17F2N5O3/c1-11-7-12(5-6-23-11)14-9-17(25-26(14)10-18(27)22-2)24-13-3-4-15-16(8-13)29-19(20,21)28-15/h3-9H,10H2,1-2H3,(H,22,27)(H,24,25). The maximum absolute atomic E-state index is 13.2. The lowest BCUT2D eigenvalue weighted by Gasteiger charge is -2.07. The highest BCUT2D eigenvalue weighted by atomic mass is 19.3. The topological polar surface area (TPSA) is 90.3 Å². The number of amides is 1. The zero-order chi connectivity index (χ0) is 20.6. The summed E-state index contributed by atoms with van der Waals surface area (Å²) in [5, 5.41) is 10.0. The number of aromatic nitrogens is 3. The molecule has 3 aromatic rings. The van der Waals surface area contributed by atoms with Gasteiger partial charge in [0.05, 0.1) is 5.69 Å². The van der Waals surface area contributed by atoms with Crippen molar-refractivity contribution in [1.82, 2.24) is 20.1 Å². The number of hydrogen-bond donors (Lipinski definition) is 2. The van der Waals surface area contributed by atoms with Gasteiger partial charge in [0.2, 0.25) is 5.91 Å². The van der Waals surface area contributed by atoms with Crippen molar-refractivity contribution < 1.29 is 23.0 Å². The number of pyridine rings is 1. The summed E-state index contributed by atoms with van der Waals surface area (Å²) < 4.78 is 36.8. The number of halogens is 2. The molecule has 0 saturated carbocycles. The van der Waals surface area contributed by atoms with E-state index in [0.717, 1.165) is 11.3 Å². The fourth-order valence-electron chi connectivity index (χ4n) is 2.93. The Morgan fingerprint density at radius 1 is 1.17 bits per heavy atom. The first-order valence-corrected chi connectivity index (χ1v) is 8.71. The van der Waals surface area contributed by atoms with Crippen LogP contribution in [0.4, 0.5) is 20.3 Å². The van der Waals surface area contributed by atoms with E-state index in [-0.39, 0.29) is 24.0 Å². The molecule has 0 unspecified atom stereocenters. The molecule has 2 N–H and O–H groups in total. The van der Waals surface area contributed by atoms with Crippen molar-refractivity contribution in [3.63, 3.8) is 0 Å². The van der Waals surface area contributed by atoms with Gasteiger partial charge in [0.25, 0.3) is 0 Å². The number of ether oxygens (including phenoxy) is 2. The number of rotatable bonds is 5. The smallest absolute Gasteiger partial charge is 0.395 e. The van der Waals surface area contributed by atoms with Crippen molar-refractivity contribution in [1.29, 1.82) is 0 Å². The van der Waals surface area contributed by atoms with Crippen LogP contribution in [0.1, 0.15) is 5.69 Å². The van der Waals surface area contributed by atoms with E-state index < -0.39 is 6.29 Å². The van der Waals surface area contributed by atoms with Crippen LogP contribution in [0.5, 0.6) is 11.5 Å². The summed E-state index contributed by atoms with van der Waals surface area (Å²) in [7, 11) is 1.55. The fraction of sp³-hybridized carbons (Fsp3) is 0.211. The number of hydrogen-bond acceptors (Lipinski definition) is 6. The number of anilines is 2. The summed E-state index contributed by atoms with van der Waals surface area (Å²) in [4.78, 5) is 16.1. The Morgan fingerprint density at radius 3 is 2.72 bits per heavy atom. The second kappa shape index (κ2) is 7.04. The number of likely N-dealkylation sites (N-methyl/N-ethyl adjacent to an activating group) is 1. The first-order chi connectivity index (χ1) is 13.8. The van der Waals surface area contributed by atoms with Crippen LogP contribution in [-0.4, -0.2) is 34.0 Å². The van der Waals surface area contributed by atoms with Gasteiger partial charge in [-0.05, 0) is 31.2 Å². The van der Waals surface area contributed by atoms with Gasteiger partial charge in [0.1, 0.15) is 6.54 Å². The molecule has 1 amide bonds. The van der Waals surface area contributed by atoms with E-state index in [1.54, 1.807) is 30.1 Å². The van der Waals surface area contributed by atoms with Crippen LogP contribution in [0, 0.1) is 6.92 Å². The molecule has 4 rings (SSSR count). The minimum absolute atomic E-state index is 0.0161. The van der Waals surface area contributed by atoms with Gasteiger partial charge in [-0.1, -0.05) is 0 Å². The Hall–Kier alpha value is -3.69. The molecule has 0 aliphatic carbocycles. The number of nitrogens with zero attached hydrogens (tertiary/aromatic N) is 3. The summed E-state index contributed by atoms with van der Waals surface area (Å²) in [6, 6.07) is 9.80. The summed E-state index contributed by atoms with van der Waals surface area (Å²) in [6.07, 6.45) is -2.00. The molecule has 150 valence electrons. The van der Waals surface area contributed by atoms with Crippen molar-refractivity contribution in [3.8, 4) is 22.8 Å². The van der Waals surface area contributed by atoms with Crippen molar-refractivity contribution in [2.45, 2.75) is 19.8 Å². The zero-order valence-electron chi connectivity index (χ0n) is 15.6. The Balaban J connectivity index is 1.65. The normalized spacial score (nSPS) is 13.9. The van der Waals surface area contributed by atoms with E-state index >= 15 is 0 Å². The number of carbonyl (C=O) groups excluding carboxylic acids is 1. The summed E-state index contributed by atoms with van der Waals surface area (Å²) in [6.45, 7) is 1.88. The lowest BCUT2D eigenvalue weighted by atomic mass is 10.1. The molecule has 0 bridgehead atoms. The number of fused-ring (bicyclic) bond motifs is 1. The maximum Gasteiger partial charge on any atom is 0.586 e. The van der Waals surface area contributed by atoms with Crippen molar-refractivity contribution in [2.75, 3.05) is 12.4 Å². The van der Waals surface area contributed by atoms with E-state index in [1.807, 2.05) is 19.1 Å². The number of benzene rings is 1. The molecular weight excluding hydrogens is 384 g/mol. The van der Waals surface area contributed by atoms with Crippen LogP contribution in [-0.2, 0) is 11.3 Å². The largest absolute Gasteiger partial charge is 0.586 e. The van der Waals surface area contributed by atoms with Gasteiger partial charge in [0, 0.05) is 42.3 Å². The van der Waals surface area contributed by atoms with Gasteiger partial charge in [-0.15, -0.1) is 8.78 Å². The Labute approximate surface area is 164 Å². The maximum atomic E-state index is 13.2. The third kappa shape index (κ3) is 3.96. The van der Waals surface area contributed by atoms with Gasteiger partial charge in [-0.25, -0.2) is 0 Å². The van der Waals surface area contributed by atoms with Crippen LogP contribution in [0.25, 0.3) is 11.3 Å². The van der Waals surface area contributed by atoms with Crippen molar-refractivity contribution >= 4 is 17.4 Å². The highest BCUT2D eigenvalue weighted by Gasteiger charge is 2.43. The number of alkyl halides is 2. The Morgan fingerprint density at radius 2 is 1.97 bits per heavy atom. The molecule has 0 fully saturated rings. The molecule has 29 heavy (non-hydrogen) atoms. The molecule has 1 aliphatic rings. The Bertz CT molecular complexity index is 1080. The molecule has 1 aromatic carbocycles. The van der Waals surface area contributed by atoms with Crippen molar-refractivity contribution in [2.24, 2.45) is 0 Å². The SMILES string of the molecule is CNC(=O)Cn1nc(Nc2ccc3c(c2)OC(F)(F)O3)cc1-c1ccnc(C)c1. The molecule has 8 nitrogen and oxygen atoms in total. The highest BCUT2D eigenvalue weighted by molar-refractivity contribution is 5.77. The summed E-state index contributed by atoms with van der Waals surface area (Å²) in [5.74, 6) is 0.106. The first kappa shape index (κ1) is 18.7. The molecule has 0 radical (unpaired) electrons. The van der Waals surface area contributed by atoms with Gasteiger partial charge in [-0.3, -0.25) is 14.5 Å².